The van der Waals surface area contributed by atoms with Crippen LogP contribution in [0, 0.1) is 0 Å². The van der Waals surface area contributed by atoms with Crippen molar-refractivity contribution in [3.05, 3.63) is 164 Å². The van der Waals surface area contributed by atoms with Crippen LogP contribution in [0.4, 0.5) is 0 Å². The van der Waals surface area contributed by atoms with Gasteiger partial charge in [-0.05, 0) is 93.0 Å². The number of fused-ring (bicyclic) bond motifs is 16. The summed E-state index contributed by atoms with van der Waals surface area (Å²) in [5.74, 6) is 0.648. The maximum Gasteiger partial charge on any atom is 0.172 e. The number of nitrogens with zero attached hydrogens (tertiary/aromatic N) is 5. The highest BCUT2D eigenvalue weighted by Gasteiger charge is 2.23. The first-order chi connectivity index (χ1) is 27.2. The zero-order chi connectivity index (χ0) is 35.8. The number of aromatic nitrogens is 5. The Morgan fingerprint density at radius 3 is 2.16 bits per heavy atom. The second kappa shape index (κ2) is 10.5. The molecule has 8 aromatic carbocycles. The third-order valence-corrected chi connectivity index (χ3v) is 11.5. The normalized spacial score (nSPS) is 12.4. The summed E-state index contributed by atoms with van der Waals surface area (Å²) in [4.78, 5) is 15.2. The highest BCUT2D eigenvalue weighted by Crippen LogP contribution is 2.43. The monoisotopic (exact) mass is 701 g/mol. The van der Waals surface area contributed by atoms with E-state index in [9.17, 15) is 0 Å². The summed E-state index contributed by atoms with van der Waals surface area (Å²) in [6.07, 6.45) is 1.81. The van der Waals surface area contributed by atoms with Crippen molar-refractivity contribution < 1.29 is 4.42 Å². The fraction of sp³-hybridized carbons (Fsp3) is 0. The average Bonchev–Trinajstić information content (AvgIpc) is 3.91. The van der Waals surface area contributed by atoms with Crippen LogP contribution in [-0.4, -0.2) is 23.9 Å². The Labute approximate surface area is 312 Å². The lowest BCUT2D eigenvalue weighted by atomic mass is 9.98. The Bertz CT molecular complexity index is 3790. The fourth-order valence-corrected chi connectivity index (χ4v) is 9.04. The summed E-state index contributed by atoms with van der Waals surface area (Å²) in [7, 11) is 0. The number of para-hydroxylation sites is 3. The quantitative estimate of drug-likeness (QED) is 0.133. The van der Waals surface area contributed by atoms with Crippen LogP contribution in [0.15, 0.2) is 168 Å². The first-order valence-corrected chi connectivity index (χ1v) is 18.5. The largest absolute Gasteiger partial charge is 0.453 e. The van der Waals surface area contributed by atoms with E-state index in [0.717, 1.165) is 77.1 Å². The van der Waals surface area contributed by atoms with Gasteiger partial charge in [0, 0.05) is 27.1 Å². The predicted molar refractivity (Wildman–Crippen MR) is 225 cm³/mol. The van der Waals surface area contributed by atoms with Crippen molar-refractivity contribution in [2.75, 3.05) is 0 Å². The van der Waals surface area contributed by atoms with E-state index >= 15 is 0 Å². The smallest absolute Gasteiger partial charge is 0.172 e. The predicted octanol–water partition coefficient (Wildman–Crippen LogP) is 12.6. The third-order valence-electron chi connectivity index (χ3n) is 11.5. The van der Waals surface area contributed by atoms with Crippen molar-refractivity contribution in [2.45, 2.75) is 0 Å². The second-order valence-corrected chi connectivity index (χ2v) is 14.5. The highest BCUT2D eigenvalue weighted by atomic mass is 16.3. The number of benzene rings is 8. The van der Waals surface area contributed by atoms with Gasteiger partial charge in [0.1, 0.15) is 16.7 Å². The van der Waals surface area contributed by atoms with Gasteiger partial charge in [0.05, 0.1) is 39.5 Å². The van der Waals surface area contributed by atoms with Crippen molar-refractivity contribution >= 4 is 104 Å². The zero-order valence-electron chi connectivity index (χ0n) is 29.2. The molecule has 0 aliphatic heterocycles. The number of rotatable bonds is 2. The molecule has 0 unspecified atom stereocenters. The van der Waals surface area contributed by atoms with Gasteiger partial charge < -0.3 is 8.98 Å². The van der Waals surface area contributed by atoms with Crippen LogP contribution in [0.2, 0.25) is 0 Å². The van der Waals surface area contributed by atoms with Gasteiger partial charge in [-0.3, -0.25) is 4.40 Å². The summed E-state index contributed by atoms with van der Waals surface area (Å²) in [6.45, 7) is 0. The first kappa shape index (κ1) is 28.9. The Morgan fingerprint density at radius 2 is 1.24 bits per heavy atom. The highest BCUT2D eigenvalue weighted by molar-refractivity contribution is 6.26. The number of furan rings is 1. The van der Waals surface area contributed by atoms with Crippen LogP contribution in [0.1, 0.15) is 0 Å². The van der Waals surface area contributed by atoms with Crippen LogP contribution in [0.3, 0.4) is 0 Å². The fourth-order valence-electron chi connectivity index (χ4n) is 9.04. The van der Waals surface area contributed by atoms with Crippen molar-refractivity contribution in [1.29, 1.82) is 0 Å². The lowest BCUT2D eigenvalue weighted by molar-refractivity contribution is 0.666. The molecule has 0 bridgehead atoms. The zero-order valence-corrected chi connectivity index (χ0v) is 29.2. The van der Waals surface area contributed by atoms with Gasteiger partial charge in [-0.15, -0.1) is 0 Å². The molecule has 0 N–H and O–H groups in total. The van der Waals surface area contributed by atoms with E-state index in [-0.39, 0.29) is 0 Å². The molecule has 55 heavy (non-hydrogen) atoms. The Kier molecular flexibility index (Phi) is 5.54. The molecule has 6 nitrogen and oxygen atoms in total. The van der Waals surface area contributed by atoms with Crippen molar-refractivity contribution in [2.24, 2.45) is 0 Å². The van der Waals surface area contributed by atoms with Crippen LogP contribution in [-0.2, 0) is 0 Å². The minimum atomic E-state index is 0.648. The minimum Gasteiger partial charge on any atom is -0.453 e. The van der Waals surface area contributed by atoms with E-state index in [1.807, 2.05) is 24.4 Å². The molecule has 5 heterocycles. The van der Waals surface area contributed by atoms with Crippen molar-refractivity contribution in [1.82, 2.24) is 23.9 Å². The van der Waals surface area contributed by atoms with Crippen LogP contribution >= 0.6 is 0 Å². The van der Waals surface area contributed by atoms with Crippen molar-refractivity contribution in [3.63, 3.8) is 0 Å². The summed E-state index contributed by atoms with van der Waals surface area (Å²) in [5, 5.41) is 11.6. The Balaban J connectivity index is 1.25. The molecule has 0 saturated carbocycles. The lowest BCUT2D eigenvalue weighted by Crippen LogP contribution is -1.99. The molecule has 5 aromatic heterocycles. The van der Waals surface area contributed by atoms with Gasteiger partial charge >= 0.3 is 0 Å². The molecular weight excluding hydrogens is 675 g/mol. The van der Waals surface area contributed by atoms with Crippen LogP contribution in [0.25, 0.3) is 121 Å². The van der Waals surface area contributed by atoms with Gasteiger partial charge in [0.15, 0.2) is 11.4 Å². The number of hydrogen-bond acceptors (Lipinski definition) is 4. The molecule has 13 rings (SSSR count). The van der Waals surface area contributed by atoms with E-state index in [0.29, 0.717) is 11.4 Å². The summed E-state index contributed by atoms with van der Waals surface area (Å²) < 4.78 is 11.0. The topological polar surface area (TPSA) is 61.2 Å². The van der Waals surface area contributed by atoms with Gasteiger partial charge in [0.2, 0.25) is 0 Å². The van der Waals surface area contributed by atoms with Crippen LogP contribution in [0.5, 0.6) is 0 Å². The second-order valence-electron chi connectivity index (χ2n) is 14.5. The third kappa shape index (κ3) is 3.94. The summed E-state index contributed by atoms with van der Waals surface area (Å²) in [6, 6.07) is 56.4. The van der Waals surface area contributed by atoms with Gasteiger partial charge in [-0.25, -0.2) is 15.0 Å². The number of hydrogen-bond donors (Lipinski definition) is 0. The Morgan fingerprint density at radius 1 is 0.473 bits per heavy atom. The molecule has 0 saturated heterocycles. The van der Waals surface area contributed by atoms with Gasteiger partial charge in [0.25, 0.3) is 0 Å². The van der Waals surface area contributed by atoms with Crippen LogP contribution < -0.4 is 0 Å². The van der Waals surface area contributed by atoms with Gasteiger partial charge in [-0.1, -0.05) is 97.1 Å². The molecule has 13 aromatic rings. The molecule has 0 radical (unpaired) electrons. The number of imidazole rings is 1. The van der Waals surface area contributed by atoms with Gasteiger partial charge in [-0.2, -0.15) is 0 Å². The lowest BCUT2D eigenvalue weighted by Gasteiger charge is -2.16. The minimum absolute atomic E-state index is 0.648. The van der Waals surface area contributed by atoms with Crippen molar-refractivity contribution in [3.8, 4) is 17.1 Å². The van der Waals surface area contributed by atoms with E-state index in [1.165, 1.54) is 32.3 Å². The van der Waals surface area contributed by atoms with E-state index in [2.05, 4.69) is 148 Å². The average molecular weight is 702 g/mol. The first-order valence-electron chi connectivity index (χ1n) is 18.5. The Hall–Kier alpha value is -7.57. The standard InChI is InChI=1S/C49H27N5O/c1-2-11-31-25-37-32(23-30(31)10-1)24-33(49-50-27-43-46(52-49)35-13-5-8-16-42(35)55-43)26-41(37)53-40-21-22-44-51-38-14-6-7-15-39(38)54(44)47(40)36-20-19-29-18-17-28-9-3-4-12-34(28)45(29)48(36)53/h1-27H. The molecule has 254 valence electrons. The molecule has 0 fully saturated rings. The number of pyridine rings is 1. The van der Waals surface area contributed by atoms with E-state index in [1.54, 1.807) is 0 Å². The molecule has 0 aliphatic carbocycles. The SMILES string of the molecule is c1ccc2cc3c(-n4c5ccc6nc7ccccc7n6c5c5ccc6ccc7ccccc7c6c54)cc(-c4ncc5oc6ccccc6c5n4)cc3cc2c1. The maximum atomic E-state index is 6.14. The molecule has 0 spiro atoms. The van der Waals surface area contributed by atoms with E-state index in [4.69, 9.17) is 19.4 Å². The summed E-state index contributed by atoms with van der Waals surface area (Å²) >= 11 is 0. The molecule has 0 aliphatic rings. The maximum absolute atomic E-state index is 6.14. The molecule has 0 atom stereocenters. The van der Waals surface area contributed by atoms with E-state index < -0.39 is 0 Å². The molecule has 6 heteroatoms. The molecular formula is C49H27N5O. The summed E-state index contributed by atoms with van der Waals surface area (Å²) in [5.41, 5.74) is 10.6. The molecule has 0 amide bonds.